The standard InChI is InChI=1S/C14H16N2O2S/c1-9-13(19-10(2)16-9)8-15-11-4-3-5-12-14(11)18-7-6-17-12/h3-5,15H,6-8H2,1-2H3. The fourth-order valence-corrected chi connectivity index (χ4v) is 3.00. The molecule has 100 valence electrons. The van der Waals surface area contributed by atoms with E-state index >= 15 is 0 Å². The predicted molar refractivity (Wildman–Crippen MR) is 76.3 cm³/mol. The molecule has 0 saturated heterocycles. The largest absolute Gasteiger partial charge is 0.486 e. The molecule has 2 heterocycles. The first-order valence-corrected chi connectivity index (χ1v) is 7.11. The van der Waals surface area contributed by atoms with E-state index in [9.17, 15) is 0 Å². The highest BCUT2D eigenvalue weighted by atomic mass is 32.1. The molecule has 0 saturated carbocycles. The lowest BCUT2D eigenvalue weighted by Crippen LogP contribution is -2.16. The van der Waals surface area contributed by atoms with Gasteiger partial charge in [-0.2, -0.15) is 0 Å². The fourth-order valence-electron chi connectivity index (χ4n) is 2.13. The number of nitrogens with one attached hydrogen (secondary N) is 1. The number of anilines is 1. The van der Waals surface area contributed by atoms with Crippen molar-refractivity contribution in [3.05, 3.63) is 33.8 Å². The number of fused-ring (bicyclic) bond motifs is 1. The third kappa shape index (κ3) is 2.51. The topological polar surface area (TPSA) is 43.4 Å². The molecule has 1 N–H and O–H groups in total. The molecule has 3 rings (SSSR count). The first-order chi connectivity index (χ1) is 9.24. The monoisotopic (exact) mass is 276 g/mol. The molecule has 0 radical (unpaired) electrons. The van der Waals surface area contributed by atoms with Gasteiger partial charge in [0.05, 0.1) is 22.9 Å². The lowest BCUT2D eigenvalue weighted by molar-refractivity contribution is 0.172. The Balaban J connectivity index is 1.78. The van der Waals surface area contributed by atoms with Crippen molar-refractivity contribution in [3.63, 3.8) is 0 Å². The number of thiazole rings is 1. The Labute approximate surface area is 116 Å². The van der Waals surface area contributed by atoms with E-state index in [4.69, 9.17) is 9.47 Å². The van der Waals surface area contributed by atoms with Crippen molar-refractivity contribution >= 4 is 17.0 Å². The molecule has 2 aromatic rings. The number of rotatable bonds is 3. The molecule has 0 fully saturated rings. The van der Waals surface area contributed by atoms with Crippen molar-refractivity contribution in [2.24, 2.45) is 0 Å². The van der Waals surface area contributed by atoms with Crippen LogP contribution in [0.5, 0.6) is 11.5 Å². The van der Waals surface area contributed by atoms with E-state index in [-0.39, 0.29) is 0 Å². The van der Waals surface area contributed by atoms with Crippen LogP contribution in [-0.2, 0) is 6.54 Å². The highest BCUT2D eigenvalue weighted by Gasteiger charge is 2.15. The van der Waals surface area contributed by atoms with Crippen molar-refractivity contribution in [2.45, 2.75) is 20.4 Å². The van der Waals surface area contributed by atoms with Crippen LogP contribution >= 0.6 is 11.3 Å². The molecule has 0 bridgehead atoms. The number of aromatic nitrogens is 1. The number of hydrogen-bond acceptors (Lipinski definition) is 5. The van der Waals surface area contributed by atoms with Gasteiger partial charge in [-0.25, -0.2) is 4.98 Å². The molecule has 1 aliphatic rings. The number of ether oxygens (including phenoxy) is 2. The molecular weight excluding hydrogens is 260 g/mol. The second kappa shape index (κ2) is 5.09. The van der Waals surface area contributed by atoms with Gasteiger partial charge in [0.15, 0.2) is 11.5 Å². The summed E-state index contributed by atoms with van der Waals surface area (Å²) in [6.07, 6.45) is 0. The van der Waals surface area contributed by atoms with Crippen LogP contribution in [0.1, 0.15) is 15.6 Å². The van der Waals surface area contributed by atoms with Crippen molar-refractivity contribution in [3.8, 4) is 11.5 Å². The first-order valence-electron chi connectivity index (χ1n) is 6.29. The summed E-state index contributed by atoms with van der Waals surface area (Å²) in [5.74, 6) is 1.63. The molecule has 19 heavy (non-hydrogen) atoms. The van der Waals surface area contributed by atoms with Crippen LogP contribution in [-0.4, -0.2) is 18.2 Å². The second-order valence-corrected chi connectivity index (χ2v) is 5.71. The van der Waals surface area contributed by atoms with Gasteiger partial charge in [-0.15, -0.1) is 11.3 Å². The molecule has 0 amide bonds. The van der Waals surface area contributed by atoms with Crippen molar-refractivity contribution in [2.75, 3.05) is 18.5 Å². The zero-order chi connectivity index (χ0) is 13.2. The van der Waals surface area contributed by atoms with Crippen molar-refractivity contribution in [1.29, 1.82) is 0 Å². The van der Waals surface area contributed by atoms with Crippen LogP contribution in [0.2, 0.25) is 0 Å². The van der Waals surface area contributed by atoms with Crippen LogP contribution in [0.4, 0.5) is 5.69 Å². The van der Waals surface area contributed by atoms with Gasteiger partial charge in [0.25, 0.3) is 0 Å². The third-order valence-electron chi connectivity index (χ3n) is 3.01. The summed E-state index contributed by atoms with van der Waals surface area (Å²) in [6, 6.07) is 5.92. The van der Waals surface area contributed by atoms with Crippen molar-refractivity contribution in [1.82, 2.24) is 4.98 Å². The van der Waals surface area contributed by atoms with Gasteiger partial charge in [0, 0.05) is 4.88 Å². The molecule has 1 aromatic carbocycles. The Morgan fingerprint density at radius 1 is 1.26 bits per heavy atom. The van der Waals surface area contributed by atoms with Crippen LogP contribution in [0.15, 0.2) is 18.2 Å². The van der Waals surface area contributed by atoms with E-state index in [0.29, 0.717) is 13.2 Å². The molecular formula is C14H16N2O2S. The van der Waals surface area contributed by atoms with Crippen LogP contribution in [0.3, 0.4) is 0 Å². The van der Waals surface area contributed by atoms with Gasteiger partial charge in [-0.05, 0) is 26.0 Å². The van der Waals surface area contributed by atoms with Gasteiger partial charge in [0.2, 0.25) is 0 Å². The maximum atomic E-state index is 5.68. The summed E-state index contributed by atoms with van der Waals surface area (Å²) >= 11 is 1.73. The van der Waals surface area contributed by atoms with Crippen LogP contribution in [0.25, 0.3) is 0 Å². The van der Waals surface area contributed by atoms with Crippen LogP contribution in [0, 0.1) is 13.8 Å². The van der Waals surface area contributed by atoms with E-state index in [0.717, 1.165) is 34.4 Å². The Kier molecular flexibility index (Phi) is 3.29. The maximum absolute atomic E-state index is 5.68. The first kappa shape index (κ1) is 12.3. The smallest absolute Gasteiger partial charge is 0.184 e. The molecule has 5 heteroatoms. The summed E-state index contributed by atoms with van der Waals surface area (Å²) in [5, 5.41) is 4.51. The third-order valence-corrected chi connectivity index (χ3v) is 4.08. The second-order valence-electron chi connectivity index (χ2n) is 4.42. The summed E-state index contributed by atoms with van der Waals surface area (Å²) in [6.45, 7) is 6.05. The van der Waals surface area contributed by atoms with E-state index in [1.54, 1.807) is 11.3 Å². The highest BCUT2D eigenvalue weighted by Crippen LogP contribution is 2.37. The summed E-state index contributed by atoms with van der Waals surface area (Å²) in [5.41, 5.74) is 2.07. The van der Waals surface area contributed by atoms with Gasteiger partial charge in [-0.3, -0.25) is 0 Å². The Hall–Kier alpha value is -1.75. The highest BCUT2D eigenvalue weighted by molar-refractivity contribution is 7.11. The maximum Gasteiger partial charge on any atom is 0.184 e. The van der Waals surface area contributed by atoms with E-state index < -0.39 is 0 Å². The normalized spacial score (nSPS) is 13.4. The minimum atomic E-state index is 0.602. The number of nitrogens with zero attached hydrogens (tertiary/aromatic N) is 1. The van der Waals surface area contributed by atoms with Gasteiger partial charge in [-0.1, -0.05) is 6.07 Å². The fraction of sp³-hybridized carbons (Fsp3) is 0.357. The quantitative estimate of drug-likeness (QED) is 0.935. The molecule has 0 spiro atoms. The SMILES string of the molecule is Cc1nc(C)c(CNc2cccc3c2OCCO3)s1. The van der Waals surface area contributed by atoms with Gasteiger partial charge < -0.3 is 14.8 Å². The summed E-state index contributed by atoms with van der Waals surface area (Å²) in [4.78, 5) is 5.69. The summed E-state index contributed by atoms with van der Waals surface area (Å²) in [7, 11) is 0. The number of hydrogen-bond donors (Lipinski definition) is 1. The van der Waals surface area contributed by atoms with E-state index in [1.807, 2.05) is 32.0 Å². The van der Waals surface area contributed by atoms with E-state index in [2.05, 4.69) is 10.3 Å². The average Bonchev–Trinajstić information content (AvgIpc) is 2.74. The van der Waals surface area contributed by atoms with E-state index in [1.165, 1.54) is 4.88 Å². The predicted octanol–water partition coefficient (Wildman–Crippen LogP) is 3.14. The number of aryl methyl sites for hydroxylation is 2. The molecule has 0 aliphatic carbocycles. The molecule has 4 nitrogen and oxygen atoms in total. The Morgan fingerprint density at radius 2 is 2.11 bits per heavy atom. The van der Waals surface area contributed by atoms with Crippen molar-refractivity contribution < 1.29 is 9.47 Å². The summed E-state index contributed by atoms with van der Waals surface area (Å²) < 4.78 is 11.2. The van der Waals surface area contributed by atoms with Crippen LogP contribution < -0.4 is 14.8 Å². The average molecular weight is 276 g/mol. The molecule has 1 aromatic heterocycles. The molecule has 0 unspecified atom stereocenters. The minimum absolute atomic E-state index is 0.602. The lowest BCUT2D eigenvalue weighted by Gasteiger charge is -2.21. The molecule has 1 aliphatic heterocycles. The zero-order valence-electron chi connectivity index (χ0n) is 11.0. The number of para-hydroxylation sites is 1. The Morgan fingerprint density at radius 3 is 2.89 bits per heavy atom. The zero-order valence-corrected chi connectivity index (χ0v) is 11.8. The lowest BCUT2D eigenvalue weighted by atomic mass is 10.2. The minimum Gasteiger partial charge on any atom is -0.486 e. The van der Waals surface area contributed by atoms with Gasteiger partial charge >= 0.3 is 0 Å². The molecule has 0 atom stereocenters. The van der Waals surface area contributed by atoms with Gasteiger partial charge in [0.1, 0.15) is 13.2 Å². The Bertz CT molecular complexity index is 595. The number of benzene rings is 1.